The van der Waals surface area contributed by atoms with E-state index in [4.69, 9.17) is 10.5 Å². The molecule has 21 heavy (non-hydrogen) atoms. The number of benzene rings is 1. The molecule has 0 aromatic heterocycles. The SMILES string of the molecule is CCOC(=O)/C(C(=O)Nc1c(C)cc(C)cc1C)=C(\C)N. The van der Waals surface area contributed by atoms with Gasteiger partial charge in [0.25, 0.3) is 5.91 Å². The van der Waals surface area contributed by atoms with Crippen molar-refractivity contribution in [2.75, 3.05) is 11.9 Å². The minimum Gasteiger partial charge on any atom is -0.462 e. The van der Waals surface area contributed by atoms with Gasteiger partial charge in [-0.1, -0.05) is 17.7 Å². The molecule has 1 amide bonds. The van der Waals surface area contributed by atoms with E-state index in [1.807, 2.05) is 32.9 Å². The largest absolute Gasteiger partial charge is 0.462 e. The third-order valence-corrected chi connectivity index (χ3v) is 3.02. The van der Waals surface area contributed by atoms with Crippen LogP contribution in [0.25, 0.3) is 0 Å². The second-order valence-electron chi connectivity index (χ2n) is 5.01. The highest BCUT2D eigenvalue weighted by molar-refractivity contribution is 6.21. The Kier molecular flexibility index (Phi) is 5.52. The molecule has 0 bridgehead atoms. The molecule has 1 aromatic carbocycles. The number of allylic oxidation sites excluding steroid dienone is 1. The van der Waals surface area contributed by atoms with E-state index in [0.29, 0.717) is 5.69 Å². The standard InChI is InChI=1S/C16H22N2O3/c1-6-21-16(20)13(12(5)17)15(19)18-14-10(3)7-9(2)8-11(14)4/h7-8H,6,17H2,1-5H3,(H,18,19)/b13-12+. The summed E-state index contributed by atoms with van der Waals surface area (Å²) in [4.78, 5) is 24.1. The minimum atomic E-state index is -0.711. The fraction of sp³-hybridized carbons (Fsp3) is 0.375. The van der Waals surface area contributed by atoms with Crippen molar-refractivity contribution in [3.63, 3.8) is 0 Å². The van der Waals surface area contributed by atoms with Crippen LogP contribution < -0.4 is 11.1 Å². The number of aryl methyl sites for hydroxylation is 3. The van der Waals surface area contributed by atoms with E-state index < -0.39 is 11.9 Å². The van der Waals surface area contributed by atoms with E-state index in [0.717, 1.165) is 16.7 Å². The first-order chi connectivity index (χ1) is 9.77. The minimum absolute atomic E-state index is 0.133. The molecule has 1 aromatic rings. The second kappa shape index (κ2) is 6.92. The number of nitrogens with one attached hydrogen (secondary N) is 1. The van der Waals surface area contributed by atoms with Gasteiger partial charge in [-0.05, 0) is 45.7 Å². The van der Waals surface area contributed by atoms with Crippen molar-refractivity contribution < 1.29 is 14.3 Å². The Labute approximate surface area is 125 Å². The fourth-order valence-corrected chi connectivity index (χ4v) is 2.19. The lowest BCUT2D eigenvalue weighted by Gasteiger charge is -2.14. The van der Waals surface area contributed by atoms with Crippen LogP contribution in [0.3, 0.4) is 0 Å². The first kappa shape index (κ1) is 16.8. The molecule has 114 valence electrons. The van der Waals surface area contributed by atoms with E-state index in [9.17, 15) is 9.59 Å². The number of ether oxygens (including phenoxy) is 1. The Morgan fingerprint density at radius 1 is 1.19 bits per heavy atom. The zero-order valence-electron chi connectivity index (χ0n) is 13.2. The van der Waals surface area contributed by atoms with Crippen molar-refractivity contribution in [2.45, 2.75) is 34.6 Å². The van der Waals surface area contributed by atoms with Crippen LogP contribution in [0.5, 0.6) is 0 Å². The van der Waals surface area contributed by atoms with E-state index in [2.05, 4.69) is 5.32 Å². The molecule has 0 heterocycles. The van der Waals surface area contributed by atoms with Gasteiger partial charge in [-0.25, -0.2) is 4.79 Å². The number of nitrogens with two attached hydrogens (primary N) is 1. The number of carbonyl (C=O) groups excluding carboxylic acids is 2. The van der Waals surface area contributed by atoms with Crippen molar-refractivity contribution in [3.8, 4) is 0 Å². The van der Waals surface area contributed by atoms with Crippen LogP contribution in [0.1, 0.15) is 30.5 Å². The van der Waals surface area contributed by atoms with Crippen molar-refractivity contribution in [2.24, 2.45) is 5.73 Å². The van der Waals surface area contributed by atoms with Crippen molar-refractivity contribution in [1.82, 2.24) is 0 Å². The molecule has 1 rings (SSSR count). The molecule has 0 saturated carbocycles. The quantitative estimate of drug-likeness (QED) is 0.386. The summed E-state index contributed by atoms with van der Waals surface area (Å²) in [7, 11) is 0. The molecule has 0 aliphatic rings. The second-order valence-corrected chi connectivity index (χ2v) is 5.01. The van der Waals surface area contributed by atoms with Crippen LogP contribution in [0, 0.1) is 20.8 Å². The predicted molar refractivity (Wildman–Crippen MR) is 82.8 cm³/mol. The number of esters is 1. The van der Waals surface area contributed by atoms with E-state index in [1.165, 1.54) is 6.92 Å². The molecule has 0 saturated heterocycles. The molecule has 5 nitrogen and oxygen atoms in total. The molecule has 0 aliphatic carbocycles. The normalized spacial score (nSPS) is 11.7. The number of carbonyl (C=O) groups is 2. The number of anilines is 1. The summed E-state index contributed by atoms with van der Waals surface area (Å²) in [5, 5.41) is 2.75. The Hall–Kier alpha value is -2.30. The Morgan fingerprint density at radius 3 is 2.14 bits per heavy atom. The molecule has 0 radical (unpaired) electrons. The molecule has 0 aliphatic heterocycles. The fourth-order valence-electron chi connectivity index (χ4n) is 2.19. The summed E-state index contributed by atoms with van der Waals surface area (Å²) in [5.74, 6) is -1.26. The first-order valence-corrected chi connectivity index (χ1v) is 6.80. The van der Waals surface area contributed by atoms with Gasteiger partial charge in [-0.3, -0.25) is 4.79 Å². The highest BCUT2D eigenvalue weighted by atomic mass is 16.5. The number of amides is 1. The van der Waals surface area contributed by atoms with Gasteiger partial charge in [0.15, 0.2) is 0 Å². The Bertz CT molecular complexity index is 577. The van der Waals surface area contributed by atoms with Gasteiger partial charge < -0.3 is 15.8 Å². The van der Waals surface area contributed by atoms with Gasteiger partial charge in [0.1, 0.15) is 5.57 Å². The molecule has 0 fully saturated rings. The van der Waals surface area contributed by atoms with Crippen LogP contribution in [0.2, 0.25) is 0 Å². The van der Waals surface area contributed by atoms with Crippen molar-refractivity contribution >= 4 is 17.6 Å². The van der Waals surface area contributed by atoms with Crippen LogP contribution in [0.15, 0.2) is 23.4 Å². The van der Waals surface area contributed by atoms with Gasteiger partial charge in [0.05, 0.1) is 6.61 Å². The van der Waals surface area contributed by atoms with Crippen LogP contribution in [0.4, 0.5) is 5.69 Å². The van der Waals surface area contributed by atoms with E-state index in [1.54, 1.807) is 6.92 Å². The maximum atomic E-state index is 12.3. The monoisotopic (exact) mass is 290 g/mol. The van der Waals surface area contributed by atoms with Crippen LogP contribution in [-0.2, 0) is 14.3 Å². The Morgan fingerprint density at radius 2 is 1.71 bits per heavy atom. The average Bonchev–Trinajstić information content (AvgIpc) is 2.33. The summed E-state index contributed by atoms with van der Waals surface area (Å²) in [6.45, 7) is 9.15. The zero-order chi connectivity index (χ0) is 16.2. The lowest BCUT2D eigenvalue weighted by atomic mass is 10.0. The van der Waals surface area contributed by atoms with Crippen molar-refractivity contribution in [1.29, 1.82) is 0 Å². The molecule has 0 unspecified atom stereocenters. The number of hydrogen-bond acceptors (Lipinski definition) is 4. The molecular formula is C16H22N2O3. The van der Waals surface area contributed by atoms with E-state index >= 15 is 0 Å². The zero-order valence-corrected chi connectivity index (χ0v) is 13.2. The van der Waals surface area contributed by atoms with Gasteiger partial charge in [0, 0.05) is 11.4 Å². The molecular weight excluding hydrogens is 268 g/mol. The van der Waals surface area contributed by atoms with Gasteiger partial charge in [-0.2, -0.15) is 0 Å². The van der Waals surface area contributed by atoms with Crippen molar-refractivity contribution in [3.05, 3.63) is 40.1 Å². The number of rotatable bonds is 4. The highest BCUT2D eigenvalue weighted by Gasteiger charge is 2.22. The van der Waals surface area contributed by atoms with E-state index in [-0.39, 0.29) is 17.9 Å². The van der Waals surface area contributed by atoms with Gasteiger partial charge >= 0.3 is 5.97 Å². The summed E-state index contributed by atoms with van der Waals surface area (Å²) >= 11 is 0. The van der Waals surface area contributed by atoms with Gasteiger partial charge in [-0.15, -0.1) is 0 Å². The predicted octanol–water partition coefficient (Wildman–Crippen LogP) is 2.35. The summed E-state index contributed by atoms with van der Waals surface area (Å²) in [6.07, 6.45) is 0. The average molecular weight is 290 g/mol. The summed E-state index contributed by atoms with van der Waals surface area (Å²) in [5.41, 5.74) is 9.27. The smallest absolute Gasteiger partial charge is 0.345 e. The molecule has 0 atom stereocenters. The third-order valence-electron chi connectivity index (χ3n) is 3.02. The lowest BCUT2D eigenvalue weighted by molar-refractivity contribution is -0.139. The first-order valence-electron chi connectivity index (χ1n) is 6.80. The maximum absolute atomic E-state index is 12.3. The van der Waals surface area contributed by atoms with Crippen LogP contribution in [-0.4, -0.2) is 18.5 Å². The lowest BCUT2D eigenvalue weighted by Crippen LogP contribution is -2.26. The third kappa shape index (κ3) is 4.08. The maximum Gasteiger partial charge on any atom is 0.345 e. The Balaban J connectivity index is 3.10. The molecule has 0 spiro atoms. The van der Waals surface area contributed by atoms with Gasteiger partial charge in [0.2, 0.25) is 0 Å². The highest BCUT2D eigenvalue weighted by Crippen LogP contribution is 2.22. The number of hydrogen-bond donors (Lipinski definition) is 2. The summed E-state index contributed by atoms with van der Waals surface area (Å²) < 4.78 is 4.87. The van der Waals surface area contributed by atoms with Crippen LogP contribution >= 0.6 is 0 Å². The topological polar surface area (TPSA) is 81.4 Å². The molecule has 5 heteroatoms. The molecule has 3 N–H and O–H groups in total. The summed E-state index contributed by atoms with van der Waals surface area (Å²) in [6, 6.07) is 3.93.